The van der Waals surface area contributed by atoms with Gasteiger partial charge in [-0.05, 0) is 30.3 Å². The van der Waals surface area contributed by atoms with E-state index >= 15 is 0 Å². The molecule has 0 N–H and O–H groups in total. The van der Waals surface area contributed by atoms with E-state index in [1.54, 1.807) is 40.1 Å². The average Bonchev–Trinajstić information content (AvgIpc) is 2.78. The highest BCUT2D eigenvalue weighted by atomic mass is 16.6. The van der Waals surface area contributed by atoms with Gasteiger partial charge in [0.15, 0.2) is 11.5 Å². The van der Waals surface area contributed by atoms with Crippen molar-refractivity contribution in [1.29, 1.82) is 5.26 Å². The second-order valence-corrected chi connectivity index (χ2v) is 6.67. The lowest BCUT2D eigenvalue weighted by atomic mass is 10.1. The van der Waals surface area contributed by atoms with Crippen LogP contribution in [0.5, 0.6) is 11.5 Å². The number of para-hydroxylation sites is 2. The third-order valence-electron chi connectivity index (χ3n) is 4.90. The van der Waals surface area contributed by atoms with Crippen LogP contribution in [-0.4, -0.2) is 60.5 Å². The maximum Gasteiger partial charge on any atom is 0.267 e. The number of nitriles is 1. The summed E-state index contributed by atoms with van der Waals surface area (Å²) < 4.78 is 11.4. The Balaban J connectivity index is 1.36. The maximum atomic E-state index is 12.8. The molecular formula is C21H19N3O4. The lowest BCUT2D eigenvalue weighted by molar-refractivity contribution is -0.142. The third-order valence-corrected chi connectivity index (χ3v) is 4.90. The van der Waals surface area contributed by atoms with Gasteiger partial charge in [-0.1, -0.05) is 18.2 Å². The summed E-state index contributed by atoms with van der Waals surface area (Å²) in [6, 6.07) is 16.0. The van der Waals surface area contributed by atoms with Crippen molar-refractivity contribution in [2.75, 3.05) is 32.8 Å². The molecule has 142 valence electrons. The van der Waals surface area contributed by atoms with Crippen LogP contribution in [0.25, 0.3) is 0 Å². The summed E-state index contributed by atoms with van der Waals surface area (Å²) in [7, 11) is 0. The molecule has 7 heteroatoms. The number of carbonyl (C=O) groups is 2. The second-order valence-electron chi connectivity index (χ2n) is 6.67. The van der Waals surface area contributed by atoms with E-state index in [2.05, 4.69) is 0 Å². The summed E-state index contributed by atoms with van der Waals surface area (Å²) in [6.45, 7) is 1.92. The highest BCUT2D eigenvalue weighted by Gasteiger charge is 2.33. The molecule has 2 heterocycles. The van der Waals surface area contributed by atoms with Gasteiger partial charge < -0.3 is 19.3 Å². The SMILES string of the molecule is N#Cc1cccc(C(=O)N2CCN(C(=O)[C@H]3COc4ccccc4O3)CC2)c1. The van der Waals surface area contributed by atoms with Crippen molar-refractivity contribution in [1.82, 2.24) is 9.80 Å². The number of hydrogen-bond donors (Lipinski definition) is 0. The zero-order valence-corrected chi connectivity index (χ0v) is 15.2. The number of piperazine rings is 1. The average molecular weight is 377 g/mol. The fourth-order valence-corrected chi connectivity index (χ4v) is 3.38. The minimum atomic E-state index is -0.676. The van der Waals surface area contributed by atoms with E-state index in [0.29, 0.717) is 48.8 Å². The number of nitrogens with zero attached hydrogens (tertiary/aromatic N) is 3. The van der Waals surface area contributed by atoms with Crippen molar-refractivity contribution in [2.45, 2.75) is 6.10 Å². The van der Waals surface area contributed by atoms with Gasteiger partial charge in [-0.25, -0.2) is 0 Å². The number of amides is 2. The van der Waals surface area contributed by atoms with Crippen LogP contribution in [0, 0.1) is 11.3 Å². The lowest BCUT2D eigenvalue weighted by Gasteiger charge is -2.37. The molecule has 2 amide bonds. The topological polar surface area (TPSA) is 82.9 Å². The van der Waals surface area contributed by atoms with E-state index in [9.17, 15) is 9.59 Å². The Kier molecular flexibility index (Phi) is 4.85. The highest BCUT2D eigenvalue weighted by molar-refractivity contribution is 5.94. The molecule has 7 nitrogen and oxygen atoms in total. The van der Waals surface area contributed by atoms with Crippen LogP contribution >= 0.6 is 0 Å². The molecule has 0 saturated carbocycles. The molecule has 0 unspecified atom stereocenters. The third kappa shape index (κ3) is 3.49. The summed E-state index contributed by atoms with van der Waals surface area (Å²) in [4.78, 5) is 28.8. The van der Waals surface area contributed by atoms with Crippen LogP contribution in [0.2, 0.25) is 0 Å². The molecule has 2 aliphatic rings. The summed E-state index contributed by atoms with van der Waals surface area (Å²) in [5.74, 6) is 0.948. The fourth-order valence-electron chi connectivity index (χ4n) is 3.38. The number of hydrogen-bond acceptors (Lipinski definition) is 5. The van der Waals surface area contributed by atoms with Crippen molar-refractivity contribution >= 4 is 11.8 Å². The maximum absolute atomic E-state index is 12.8. The van der Waals surface area contributed by atoms with Crippen molar-refractivity contribution in [3.63, 3.8) is 0 Å². The monoisotopic (exact) mass is 377 g/mol. The van der Waals surface area contributed by atoms with Crippen LogP contribution in [-0.2, 0) is 4.79 Å². The van der Waals surface area contributed by atoms with Gasteiger partial charge in [0, 0.05) is 31.7 Å². The van der Waals surface area contributed by atoms with Crippen LogP contribution in [0.3, 0.4) is 0 Å². The second kappa shape index (κ2) is 7.61. The van der Waals surface area contributed by atoms with Crippen LogP contribution < -0.4 is 9.47 Å². The minimum Gasteiger partial charge on any atom is -0.485 e. The molecule has 2 aliphatic heterocycles. The first kappa shape index (κ1) is 17.9. The summed E-state index contributed by atoms with van der Waals surface area (Å²) >= 11 is 0. The first-order valence-electron chi connectivity index (χ1n) is 9.12. The van der Waals surface area contributed by atoms with Gasteiger partial charge in [-0.2, -0.15) is 5.26 Å². The Morgan fingerprint density at radius 2 is 1.68 bits per heavy atom. The van der Waals surface area contributed by atoms with E-state index in [1.165, 1.54) is 0 Å². The van der Waals surface area contributed by atoms with E-state index < -0.39 is 6.10 Å². The van der Waals surface area contributed by atoms with Gasteiger partial charge in [-0.3, -0.25) is 9.59 Å². The fraction of sp³-hybridized carbons (Fsp3) is 0.286. The largest absolute Gasteiger partial charge is 0.485 e. The predicted molar refractivity (Wildman–Crippen MR) is 100.0 cm³/mol. The number of rotatable bonds is 2. The van der Waals surface area contributed by atoms with Gasteiger partial charge in [0.1, 0.15) is 6.61 Å². The number of ether oxygens (including phenoxy) is 2. The van der Waals surface area contributed by atoms with E-state index in [-0.39, 0.29) is 18.4 Å². The molecule has 1 saturated heterocycles. The van der Waals surface area contributed by atoms with E-state index in [0.717, 1.165) is 0 Å². The summed E-state index contributed by atoms with van der Waals surface area (Å²) in [5.41, 5.74) is 0.939. The van der Waals surface area contributed by atoms with Crippen molar-refractivity contribution in [2.24, 2.45) is 0 Å². The first-order valence-corrected chi connectivity index (χ1v) is 9.12. The zero-order valence-electron chi connectivity index (χ0n) is 15.2. The van der Waals surface area contributed by atoms with Gasteiger partial charge in [0.05, 0.1) is 11.6 Å². The molecule has 1 fully saturated rings. The van der Waals surface area contributed by atoms with Gasteiger partial charge in [0.25, 0.3) is 11.8 Å². The first-order chi connectivity index (χ1) is 13.7. The quantitative estimate of drug-likeness (QED) is 0.795. The number of carbonyl (C=O) groups excluding carboxylic acids is 2. The molecule has 0 spiro atoms. The highest BCUT2D eigenvalue weighted by Crippen LogP contribution is 2.31. The van der Waals surface area contributed by atoms with E-state index in [4.69, 9.17) is 14.7 Å². The minimum absolute atomic E-state index is 0.129. The molecular weight excluding hydrogens is 358 g/mol. The Morgan fingerprint density at radius 1 is 0.964 bits per heavy atom. The van der Waals surface area contributed by atoms with Gasteiger partial charge in [0.2, 0.25) is 6.10 Å². The molecule has 2 aromatic rings. The summed E-state index contributed by atoms with van der Waals surface area (Å²) in [6.07, 6.45) is -0.676. The van der Waals surface area contributed by atoms with Crippen molar-refractivity contribution in [3.8, 4) is 17.6 Å². The lowest BCUT2D eigenvalue weighted by Crippen LogP contribution is -2.55. The Bertz CT molecular complexity index is 945. The number of benzene rings is 2. The van der Waals surface area contributed by atoms with Crippen molar-refractivity contribution < 1.29 is 19.1 Å². The predicted octanol–water partition coefficient (Wildman–Crippen LogP) is 1.68. The van der Waals surface area contributed by atoms with Crippen LogP contribution in [0.15, 0.2) is 48.5 Å². The van der Waals surface area contributed by atoms with Crippen molar-refractivity contribution in [3.05, 3.63) is 59.7 Å². The smallest absolute Gasteiger partial charge is 0.267 e. The van der Waals surface area contributed by atoms with Gasteiger partial charge >= 0.3 is 0 Å². The molecule has 0 bridgehead atoms. The molecule has 2 aromatic carbocycles. The van der Waals surface area contributed by atoms with Crippen LogP contribution in [0.1, 0.15) is 15.9 Å². The Morgan fingerprint density at radius 3 is 2.43 bits per heavy atom. The Labute approximate surface area is 162 Å². The molecule has 0 radical (unpaired) electrons. The normalized spacial score (nSPS) is 18.3. The van der Waals surface area contributed by atoms with Gasteiger partial charge in [-0.15, -0.1) is 0 Å². The standard InChI is InChI=1S/C21H19N3O4/c22-13-15-4-3-5-16(12-15)20(25)23-8-10-24(11-9-23)21(26)19-14-27-17-6-1-2-7-18(17)28-19/h1-7,12,19H,8-11,14H2/t19-/m1/s1. The summed E-state index contributed by atoms with van der Waals surface area (Å²) in [5, 5.41) is 8.99. The van der Waals surface area contributed by atoms with E-state index in [1.807, 2.05) is 24.3 Å². The molecule has 28 heavy (non-hydrogen) atoms. The Hall–Kier alpha value is -3.53. The zero-order chi connectivity index (χ0) is 19.5. The van der Waals surface area contributed by atoms with Crippen LogP contribution in [0.4, 0.5) is 0 Å². The molecule has 1 atom stereocenters. The molecule has 4 rings (SSSR count). The molecule has 0 aliphatic carbocycles. The number of fused-ring (bicyclic) bond motifs is 1. The molecule has 0 aromatic heterocycles.